The molecule has 2 amide bonds. The second-order valence-corrected chi connectivity index (χ2v) is 16.2. The van der Waals surface area contributed by atoms with Gasteiger partial charge in [0.15, 0.2) is 0 Å². The number of carbonyl (C=O) groups is 1. The first-order chi connectivity index (χ1) is 19.9. The molecule has 42 heavy (non-hydrogen) atoms. The van der Waals surface area contributed by atoms with Crippen molar-refractivity contribution in [1.82, 2.24) is 4.90 Å². The molecule has 9 atom stereocenters. The van der Waals surface area contributed by atoms with Crippen molar-refractivity contribution in [3.63, 3.8) is 0 Å². The topological polar surface area (TPSA) is 72.8 Å². The van der Waals surface area contributed by atoms with Crippen molar-refractivity contribution in [2.75, 3.05) is 18.4 Å². The van der Waals surface area contributed by atoms with Crippen molar-refractivity contribution in [1.29, 1.82) is 0 Å². The lowest BCUT2D eigenvalue weighted by Gasteiger charge is -2.61. The van der Waals surface area contributed by atoms with Gasteiger partial charge in [0, 0.05) is 17.6 Å². The number of urea groups is 1. The Bertz CT molecular complexity index is 1280. The molecule has 7 aliphatic rings. The Hall–Kier alpha value is -2.11. The Labute approximate surface area is 252 Å². The van der Waals surface area contributed by atoms with Crippen molar-refractivity contribution >= 4 is 11.7 Å². The number of nitrogens with one attached hydrogen (secondary N) is 1. The summed E-state index contributed by atoms with van der Waals surface area (Å²) in [5.41, 5.74) is 3.06. The maximum Gasteiger partial charge on any atom is 0.321 e. The SMILES string of the molecule is CC1(C)[C@H]2CC[C@@H](CN(C[C@]3(O)CC[C@H]4C5=CC=C6C[C@@H](O)CC[C@]6(C)[C@H]5CC[C@@]43C)C(=O)Nc3ccccc3)[C@@H]1C2. The van der Waals surface area contributed by atoms with Crippen LogP contribution in [0.3, 0.4) is 0 Å². The molecule has 0 radical (unpaired) electrons. The normalized spacial score (nSPS) is 43.1. The zero-order valence-electron chi connectivity index (χ0n) is 26.2. The summed E-state index contributed by atoms with van der Waals surface area (Å²) < 4.78 is 0. The third kappa shape index (κ3) is 4.27. The van der Waals surface area contributed by atoms with Gasteiger partial charge in [-0.2, -0.15) is 0 Å². The number of amides is 2. The third-order valence-electron chi connectivity index (χ3n) is 14.1. The maximum atomic E-state index is 14.0. The summed E-state index contributed by atoms with van der Waals surface area (Å²) in [7, 11) is 0. The van der Waals surface area contributed by atoms with Crippen LogP contribution in [0, 0.1) is 45.8 Å². The monoisotopic (exact) mass is 572 g/mol. The number of rotatable bonds is 5. The zero-order chi connectivity index (χ0) is 29.5. The highest BCUT2D eigenvalue weighted by Crippen LogP contribution is 2.66. The average Bonchev–Trinajstić information content (AvgIpc) is 3.23. The van der Waals surface area contributed by atoms with E-state index >= 15 is 0 Å². The van der Waals surface area contributed by atoms with Crippen LogP contribution in [0.5, 0.6) is 0 Å². The van der Waals surface area contributed by atoms with Crippen LogP contribution in [0.1, 0.15) is 91.9 Å². The van der Waals surface area contributed by atoms with Crippen LogP contribution in [0.25, 0.3) is 0 Å². The number of hydrogen-bond acceptors (Lipinski definition) is 3. The fraction of sp³-hybridized carbons (Fsp3) is 0.703. The Morgan fingerprint density at radius 1 is 0.952 bits per heavy atom. The van der Waals surface area contributed by atoms with Gasteiger partial charge in [-0.1, -0.05) is 69.2 Å². The Kier molecular flexibility index (Phi) is 6.79. The summed E-state index contributed by atoms with van der Waals surface area (Å²) in [6.07, 6.45) is 14.7. The predicted octanol–water partition coefficient (Wildman–Crippen LogP) is 7.57. The smallest absolute Gasteiger partial charge is 0.321 e. The third-order valence-corrected chi connectivity index (χ3v) is 14.1. The van der Waals surface area contributed by atoms with Gasteiger partial charge in [0.25, 0.3) is 0 Å². The van der Waals surface area contributed by atoms with Crippen molar-refractivity contribution in [3.05, 3.63) is 53.6 Å². The molecule has 0 unspecified atom stereocenters. The van der Waals surface area contributed by atoms with E-state index in [9.17, 15) is 15.0 Å². The molecule has 2 bridgehead atoms. The zero-order valence-corrected chi connectivity index (χ0v) is 26.2. The minimum absolute atomic E-state index is 0.0765. The molecule has 5 heteroatoms. The number of hydrogen-bond donors (Lipinski definition) is 3. The van der Waals surface area contributed by atoms with Crippen LogP contribution in [0.4, 0.5) is 10.5 Å². The molecular weight excluding hydrogens is 520 g/mol. The Balaban J connectivity index is 1.15. The second kappa shape index (κ2) is 9.95. The van der Waals surface area contributed by atoms with E-state index in [0.29, 0.717) is 35.6 Å². The first kappa shape index (κ1) is 28.6. The van der Waals surface area contributed by atoms with Gasteiger partial charge in [-0.25, -0.2) is 4.79 Å². The first-order valence-corrected chi connectivity index (χ1v) is 16.9. The number of aliphatic hydroxyl groups excluding tert-OH is 1. The van der Waals surface area contributed by atoms with Crippen LogP contribution >= 0.6 is 0 Å². The molecule has 0 heterocycles. The van der Waals surface area contributed by atoms with E-state index in [1.807, 2.05) is 35.2 Å². The molecule has 0 spiro atoms. The van der Waals surface area contributed by atoms with Gasteiger partial charge in [-0.3, -0.25) is 0 Å². The van der Waals surface area contributed by atoms with Crippen molar-refractivity contribution < 1.29 is 15.0 Å². The minimum Gasteiger partial charge on any atom is -0.393 e. The standard InChI is InChI=1S/C37H52N2O3/c1-34(2)25-11-10-24(32(34)21-25)22-39(33(41)38-27-8-6-5-7-9-27)23-37(42)19-16-31-29-13-12-26-20-28(40)14-17-35(26,3)30(29)15-18-36(31,37)4/h5-9,12-13,24-25,28,30-32,40,42H,10-11,14-23H2,1-4H3,(H,38,41)/t24-,25-,28-,30-,31-,32-,35-,36-,37+/m0/s1. The number of para-hydroxylation sites is 1. The largest absolute Gasteiger partial charge is 0.393 e. The predicted molar refractivity (Wildman–Crippen MR) is 168 cm³/mol. The summed E-state index contributed by atoms with van der Waals surface area (Å²) in [6.45, 7) is 10.7. The minimum atomic E-state index is -0.919. The average molecular weight is 573 g/mol. The van der Waals surface area contributed by atoms with E-state index in [2.05, 4.69) is 45.2 Å². The molecule has 8 rings (SSSR count). The molecule has 5 nitrogen and oxygen atoms in total. The fourth-order valence-electron chi connectivity index (χ4n) is 11.1. The molecule has 6 fully saturated rings. The van der Waals surface area contributed by atoms with E-state index in [1.54, 1.807) is 0 Å². The van der Waals surface area contributed by atoms with Gasteiger partial charge in [0.05, 0.1) is 18.2 Å². The lowest BCUT2D eigenvalue weighted by Crippen LogP contribution is -2.59. The fourth-order valence-corrected chi connectivity index (χ4v) is 11.1. The van der Waals surface area contributed by atoms with E-state index in [4.69, 9.17) is 0 Å². The van der Waals surface area contributed by atoms with E-state index in [1.165, 1.54) is 30.4 Å². The van der Waals surface area contributed by atoms with Crippen LogP contribution < -0.4 is 5.32 Å². The molecule has 0 saturated heterocycles. The summed E-state index contributed by atoms with van der Waals surface area (Å²) in [5.74, 6) is 2.80. The summed E-state index contributed by atoms with van der Waals surface area (Å²) >= 11 is 0. The molecule has 0 aromatic heterocycles. The first-order valence-electron chi connectivity index (χ1n) is 16.9. The highest BCUT2D eigenvalue weighted by molar-refractivity contribution is 5.89. The molecule has 3 N–H and O–H groups in total. The van der Waals surface area contributed by atoms with Crippen molar-refractivity contribution in [2.45, 2.75) is 104 Å². The molecule has 0 aliphatic heterocycles. The molecule has 1 aromatic carbocycles. The van der Waals surface area contributed by atoms with Gasteiger partial charge >= 0.3 is 6.03 Å². The molecule has 1 aromatic rings. The number of nitrogens with zero attached hydrogens (tertiary/aromatic N) is 1. The van der Waals surface area contributed by atoms with Gasteiger partial charge < -0.3 is 20.4 Å². The van der Waals surface area contributed by atoms with Crippen molar-refractivity contribution in [2.24, 2.45) is 45.8 Å². The highest BCUT2D eigenvalue weighted by Gasteiger charge is 2.63. The number of anilines is 1. The Morgan fingerprint density at radius 3 is 2.45 bits per heavy atom. The lowest BCUT2D eigenvalue weighted by atomic mass is 9.45. The van der Waals surface area contributed by atoms with E-state index in [-0.39, 0.29) is 23.0 Å². The van der Waals surface area contributed by atoms with E-state index < -0.39 is 5.60 Å². The highest BCUT2D eigenvalue weighted by atomic mass is 16.3. The Morgan fingerprint density at radius 2 is 1.71 bits per heavy atom. The van der Waals surface area contributed by atoms with Gasteiger partial charge in [-0.15, -0.1) is 0 Å². The van der Waals surface area contributed by atoms with Crippen LogP contribution in [0.2, 0.25) is 0 Å². The van der Waals surface area contributed by atoms with Crippen LogP contribution in [0.15, 0.2) is 53.6 Å². The summed E-state index contributed by atoms with van der Waals surface area (Å²) in [6, 6.07) is 9.70. The summed E-state index contributed by atoms with van der Waals surface area (Å²) in [4.78, 5) is 16.0. The number of benzene rings is 1. The number of fused-ring (bicyclic) bond motifs is 7. The van der Waals surface area contributed by atoms with E-state index in [0.717, 1.165) is 63.1 Å². The quantitative estimate of drug-likeness (QED) is 0.341. The lowest BCUT2D eigenvalue weighted by molar-refractivity contribution is -0.121. The van der Waals surface area contributed by atoms with Crippen LogP contribution in [-0.4, -0.2) is 45.9 Å². The van der Waals surface area contributed by atoms with Crippen molar-refractivity contribution in [3.8, 4) is 0 Å². The molecule has 6 saturated carbocycles. The summed E-state index contributed by atoms with van der Waals surface area (Å²) in [5, 5.41) is 26.2. The van der Waals surface area contributed by atoms with Gasteiger partial charge in [0.2, 0.25) is 0 Å². The van der Waals surface area contributed by atoms with Gasteiger partial charge in [-0.05, 0) is 117 Å². The molecule has 228 valence electrons. The second-order valence-electron chi connectivity index (χ2n) is 16.2. The number of carbonyl (C=O) groups excluding carboxylic acids is 1. The number of aliphatic hydroxyl groups is 2. The number of allylic oxidation sites excluding steroid dienone is 3. The van der Waals surface area contributed by atoms with Crippen LogP contribution in [-0.2, 0) is 0 Å². The maximum absolute atomic E-state index is 14.0. The van der Waals surface area contributed by atoms with Gasteiger partial charge in [0.1, 0.15) is 0 Å². The molecular formula is C37H52N2O3. The molecule has 7 aliphatic carbocycles.